The predicted molar refractivity (Wildman–Crippen MR) is 120 cm³/mol. The van der Waals surface area contributed by atoms with Crippen molar-refractivity contribution in [3.63, 3.8) is 0 Å². The molecule has 1 amide bonds. The minimum absolute atomic E-state index is 0.145. The number of amides is 1. The Morgan fingerprint density at radius 2 is 1.88 bits per heavy atom. The van der Waals surface area contributed by atoms with Crippen LogP contribution in [0.2, 0.25) is 0 Å². The Bertz CT molecular complexity index is 1210. The molecule has 8 heteroatoms. The summed E-state index contributed by atoms with van der Waals surface area (Å²) in [6.07, 6.45) is 6.05. The molecule has 0 radical (unpaired) electrons. The number of hydroxylamine groups is 2. The van der Waals surface area contributed by atoms with E-state index in [2.05, 4.69) is 20.6 Å². The van der Waals surface area contributed by atoms with Crippen molar-refractivity contribution in [2.45, 2.75) is 39.3 Å². The monoisotopic (exact) mass is 450 g/mol. The minimum atomic E-state index is -0.474. The van der Waals surface area contributed by atoms with E-state index in [9.17, 15) is 19.2 Å². The average molecular weight is 451 g/mol. The van der Waals surface area contributed by atoms with Crippen molar-refractivity contribution in [2.75, 3.05) is 19.6 Å². The summed E-state index contributed by atoms with van der Waals surface area (Å²) < 4.78 is 15.5. The molecule has 172 valence electrons. The van der Waals surface area contributed by atoms with Gasteiger partial charge in [-0.2, -0.15) is 0 Å². The third-order valence-electron chi connectivity index (χ3n) is 6.94. The van der Waals surface area contributed by atoms with Gasteiger partial charge in [0.05, 0.1) is 18.3 Å². The highest BCUT2D eigenvalue weighted by molar-refractivity contribution is 6.00. The van der Waals surface area contributed by atoms with Gasteiger partial charge in [0.1, 0.15) is 17.3 Å². The summed E-state index contributed by atoms with van der Waals surface area (Å²) >= 11 is 0. The van der Waals surface area contributed by atoms with Crippen molar-refractivity contribution in [3.05, 3.63) is 64.9 Å². The molecule has 2 aliphatic heterocycles. The molecule has 0 bridgehead atoms. The van der Waals surface area contributed by atoms with E-state index < -0.39 is 5.91 Å². The summed E-state index contributed by atoms with van der Waals surface area (Å²) in [5, 5.41) is 11.6. The smallest absolute Gasteiger partial charge is 0.296 e. The average Bonchev–Trinajstić information content (AvgIpc) is 3.15. The van der Waals surface area contributed by atoms with Crippen molar-refractivity contribution in [1.29, 1.82) is 0 Å². The summed E-state index contributed by atoms with van der Waals surface area (Å²) in [4.78, 5) is 31.0. The summed E-state index contributed by atoms with van der Waals surface area (Å²) in [7, 11) is 0. The van der Waals surface area contributed by atoms with E-state index in [1.807, 2.05) is 0 Å². The zero-order valence-electron chi connectivity index (χ0n) is 18.6. The maximum Gasteiger partial charge on any atom is 0.296 e. The van der Waals surface area contributed by atoms with E-state index in [4.69, 9.17) is 0 Å². The van der Waals surface area contributed by atoms with Crippen molar-refractivity contribution >= 4 is 22.6 Å². The number of carbonyl (C=O) groups is 2. The van der Waals surface area contributed by atoms with E-state index in [1.165, 1.54) is 12.1 Å². The van der Waals surface area contributed by atoms with Gasteiger partial charge in [0.25, 0.3) is 5.91 Å². The van der Waals surface area contributed by atoms with E-state index in [0.29, 0.717) is 25.2 Å². The Balaban J connectivity index is 1.53. The lowest BCUT2D eigenvalue weighted by Gasteiger charge is -2.30. The Morgan fingerprint density at radius 1 is 1.15 bits per heavy atom. The summed E-state index contributed by atoms with van der Waals surface area (Å²) in [5.41, 5.74) is 4.16. The van der Waals surface area contributed by atoms with Crippen LogP contribution in [0.5, 0.6) is 0 Å². The minimum Gasteiger partial charge on any atom is -0.341 e. The zero-order chi connectivity index (χ0) is 23.1. The Kier molecular flexibility index (Phi) is 5.72. The fraction of sp³-hybridized carbons (Fsp3) is 0.400. The largest absolute Gasteiger partial charge is 0.341 e. The molecule has 0 spiro atoms. The quantitative estimate of drug-likeness (QED) is 0.603. The molecule has 4 heterocycles. The van der Waals surface area contributed by atoms with Crippen LogP contribution in [0, 0.1) is 11.7 Å². The molecule has 33 heavy (non-hydrogen) atoms. The Labute approximate surface area is 191 Å². The lowest BCUT2D eigenvalue weighted by atomic mass is 9.93. The van der Waals surface area contributed by atoms with Gasteiger partial charge in [-0.25, -0.2) is 14.4 Å². The molecule has 7 nitrogen and oxygen atoms in total. The summed E-state index contributed by atoms with van der Waals surface area (Å²) in [5.74, 6) is -0.338. The third kappa shape index (κ3) is 4.16. The normalized spacial score (nSPS) is 17.5. The molecule has 2 aliphatic rings. The van der Waals surface area contributed by atoms with Crippen LogP contribution in [0.4, 0.5) is 4.39 Å². The molecule has 1 aromatic carbocycles. The fourth-order valence-corrected chi connectivity index (χ4v) is 5.08. The second-order valence-corrected chi connectivity index (χ2v) is 9.09. The van der Waals surface area contributed by atoms with E-state index in [-0.39, 0.29) is 24.1 Å². The number of pyridine rings is 1. The first-order valence-electron chi connectivity index (χ1n) is 11.4. The summed E-state index contributed by atoms with van der Waals surface area (Å²) in [6.45, 7) is 4.88. The number of fused-ring (bicyclic) bond motifs is 3. The van der Waals surface area contributed by atoms with Crippen molar-refractivity contribution in [1.82, 2.24) is 19.5 Å². The predicted octanol–water partition coefficient (Wildman–Crippen LogP) is 3.41. The SMILES string of the molecule is CC(=O)C1CCN(Cc2cn(Cc3ccc(F)cc3)c3cnc4c(c23)CCN(O)C4=O)CC1. The van der Waals surface area contributed by atoms with Crippen LogP contribution in [-0.4, -0.2) is 56.0 Å². The van der Waals surface area contributed by atoms with Crippen LogP contribution in [0.3, 0.4) is 0 Å². The van der Waals surface area contributed by atoms with E-state index >= 15 is 0 Å². The first kappa shape index (κ1) is 21.7. The second kappa shape index (κ2) is 8.68. The molecular weight excluding hydrogens is 423 g/mol. The second-order valence-electron chi connectivity index (χ2n) is 9.09. The van der Waals surface area contributed by atoms with Crippen LogP contribution in [0.25, 0.3) is 10.9 Å². The van der Waals surface area contributed by atoms with Gasteiger partial charge in [0.15, 0.2) is 0 Å². The molecule has 3 aromatic rings. The standard InChI is InChI=1S/C25H27FN4O3/c1-16(31)18-6-9-28(10-7-18)14-19-15-29(13-17-2-4-20(26)5-3-17)22-12-27-24-21(23(19)22)8-11-30(33)25(24)32/h2-5,12,15,18,33H,6-11,13-14H2,1H3. The topological polar surface area (TPSA) is 78.7 Å². The zero-order valence-corrected chi connectivity index (χ0v) is 18.6. The van der Waals surface area contributed by atoms with Gasteiger partial charge in [-0.15, -0.1) is 0 Å². The van der Waals surface area contributed by atoms with Gasteiger partial charge in [0, 0.05) is 30.6 Å². The number of ketones is 1. The first-order chi connectivity index (χ1) is 15.9. The molecule has 5 rings (SSSR count). The number of halogens is 1. The molecular formula is C25H27FN4O3. The molecule has 1 N–H and O–H groups in total. The van der Waals surface area contributed by atoms with Gasteiger partial charge >= 0.3 is 0 Å². The number of benzene rings is 1. The van der Waals surface area contributed by atoms with Crippen LogP contribution in [0.15, 0.2) is 36.7 Å². The van der Waals surface area contributed by atoms with Crippen molar-refractivity contribution in [3.8, 4) is 0 Å². The molecule has 0 saturated carbocycles. The van der Waals surface area contributed by atoms with Gasteiger partial charge in [-0.1, -0.05) is 12.1 Å². The number of hydrogen-bond acceptors (Lipinski definition) is 5. The maximum absolute atomic E-state index is 13.4. The number of nitrogens with zero attached hydrogens (tertiary/aromatic N) is 4. The lowest BCUT2D eigenvalue weighted by Crippen LogP contribution is -2.36. The van der Waals surface area contributed by atoms with Crippen molar-refractivity contribution in [2.24, 2.45) is 5.92 Å². The number of rotatable bonds is 5. The van der Waals surface area contributed by atoms with Crippen LogP contribution >= 0.6 is 0 Å². The van der Waals surface area contributed by atoms with Crippen molar-refractivity contribution < 1.29 is 19.2 Å². The highest BCUT2D eigenvalue weighted by atomic mass is 19.1. The lowest BCUT2D eigenvalue weighted by molar-refractivity contribution is -0.122. The van der Waals surface area contributed by atoms with E-state index in [1.54, 1.807) is 25.3 Å². The molecule has 0 aliphatic carbocycles. The molecule has 0 atom stereocenters. The molecule has 1 saturated heterocycles. The number of carbonyl (C=O) groups excluding carboxylic acids is 2. The van der Waals surface area contributed by atoms with E-state index in [0.717, 1.165) is 58.6 Å². The van der Waals surface area contributed by atoms with Crippen LogP contribution < -0.4 is 0 Å². The fourth-order valence-electron chi connectivity index (χ4n) is 5.08. The maximum atomic E-state index is 13.4. The number of likely N-dealkylation sites (tertiary alicyclic amines) is 1. The number of hydrogen-bond donors (Lipinski definition) is 1. The number of Topliss-reactive ketones (excluding diaryl/α,β-unsaturated/α-hetero) is 1. The molecule has 0 unspecified atom stereocenters. The molecule has 2 aromatic heterocycles. The number of piperidine rings is 1. The van der Waals surface area contributed by atoms with Gasteiger partial charge < -0.3 is 4.57 Å². The van der Waals surface area contributed by atoms with Gasteiger partial charge in [0.2, 0.25) is 0 Å². The Morgan fingerprint density at radius 3 is 2.58 bits per heavy atom. The third-order valence-corrected chi connectivity index (χ3v) is 6.94. The highest BCUT2D eigenvalue weighted by Crippen LogP contribution is 2.32. The van der Waals surface area contributed by atoms with Crippen LogP contribution in [0.1, 0.15) is 46.9 Å². The van der Waals surface area contributed by atoms with Gasteiger partial charge in [-0.3, -0.25) is 19.7 Å². The molecule has 1 fully saturated rings. The first-order valence-corrected chi connectivity index (χ1v) is 11.4. The summed E-state index contributed by atoms with van der Waals surface area (Å²) in [6, 6.07) is 6.45. The Hall–Kier alpha value is -3.10. The highest BCUT2D eigenvalue weighted by Gasteiger charge is 2.29. The van der Waals surface area contributed by atoms with Gasteiger partial charge in [-0.05, 0) is 68.1 Å². The number of aromatic nitrogens is 2. The van der Waals surface area contributed by atoms with Crippen LogP contribution in [-0.2, 0) is 24.3 Å².